The zero-order valence-corrected chi connectivity index (χ0v) is 21.3. The van der Waals surface area contributed by atoms with E-state index in [1.54, 1.807) is 0 Å². The van der Waals surface area contributed by atoms with Gasteiger partial charge in [-0.1, -0.05) is 12.1 Å². The van der Waals surface area contributed by atoms with Crippen LogP contribution in [0, 0.1) is 12.8 Å². The number of para-hydroxylation sites is 2. The van der Waals surface area contributed by atoms with Gasteiger partial charge in [0.15, 0.2) is 17.0 Å². The third-order valence-corrected chi connectivity index (χ3v) is 7.70. The number of benzene rings is 1. The van der Waals surface area contributed by atoms with Gasteiger partial charge in [-0.2, -0.15) is 9.97 Å². The number of hydrogen-bond donors (Lipinski definition) is 1. The molecule has 2 aliphatic heterocycles. The molecule has 2 fully saturated rings. The van der Waals surface area contributed by atoms with Crippen molar-refractivity contribution >= 4 is 28.0 Å². The predicted molar refractivity (Wildman–Crippen MR) is 138 cm³/mol. The molecular weight excluding hydrogens is 456 g/mol. The molecule has 0 spiro atoms. The average molecular weight is 491 g/mol. The van der Waals surface area contributed by atoms with Gasteiger partial charge in [-0.25, -0.2) is 9.97 Å². The minimum Gasteiger partial charge on any atom is -0.393 e. The van der Waals surface area contributed by atoms with E-state index < -0.39 is 0 Å². The van der Waals surface area contributed by atoms with Gasteiger partial charge in [0.05, 0.1) is 36.9 Å². The number of anilines is 1. The third-order valence-electron chi connectivity index (χ3n) is 7.70. The molecule has 0 saturated carbocycles. The largest absolute Gasteiger partial charge is 0.393 e. The topological polar surface area (TPSA) is 97.4 Å². The van der Waals surface area contributed by atoms with Gasteiger partial charge in [-0.15, -0.1) is 0 Å². The zero-order valence-electron chi connectivity index (χ0n) is 21.3. The average Bonchev–Trinajstić information content (AvgIpc) is 3.40. The number of imidazole rings is 2. The van der Waals surface area contributed by atoms with Crippen molar-refractivity contribution in [1.29, 1.82) is 0 Å². The quantitative estimate of drug-likeness (QED) is 0.456. The van der Waals surface area contributed by atoms with Crippen LogP contribution < -0.4 is 4.90 Å². The van der Waals surface area contributed by atoms with E-state index in [4.69, 9.17) is 24.7 Å². The number of aliphatic hydroxyl groups excluding tert-OH is 1. The molecule has 2 saturated heterocycles. The molecule has 1 unspecified atom stereocenters. The summed E-state index contributed by atoms with van der Waals surface area (Å²) < 4.78 is 9.76. The van der Waals surface area contributed by atoms with Gasteiger partial charge < -0.3 is 19.3 Å². The fraction of sp³-hybridized carbons (Fsp3) is 0.538. The van der Waals surface area contributed by atoms with Crippen molar-refractivity contribution in [3.05, 3.63) is 35.9 Å². The number of aromatic nitrogens is 6. The molecule has 1 aromatic carbocycles. The fourth-order valence-electron chi connectivity index (χ4n) is 5.51. The monoisotopic (exact) mass is 490 g/mol. The second-order valence-electron chi connectivity index (χ2n) is 10.0. The molecule has 10 heteroatoms. The smallest absolute Gasteiger partial charge is 0.239 e. The summed E-state index contributed by atoms with van der Waals surface area (Å²) in [6.45, 7) is 9.47. The number of morpholine rings is 1. The standard InChI is InChI=1S/C26H34N8O2/c1-17(35)19-8-10-32(11-9-19)16-22-28-23-24(31(22)3)29-26(30-25(23)33-12-14-36-15-13-33)34-18(2)27-20-6-4-5-7-21(20)34/h4-7,17,19,35H,8-16H2,1-3H3. The summed E-state index contributed by atoms with van der Waals surface area (Å²) in [4.78, 5) is 24.6. The number of aryl methyl sites for hydroxylation is 2. The molecule has 0 bridgehead atoms. The van der Waals surface area contributed by atoms with Crippen LogP contribution in [0.1, 0.15) is 31.4 Å². The van der Waals surface area contributed by atoms with Crippen LogP contribution in [0.5, 0.6) is 0 Å². The first-order chi connectivity index (χ1) is 17.5. The van der Waals surface area contributed by atoms with Crippen LogP contribution in [-0.4, -0.2) is 84.6 Å². The first-order valence-electron chi connectivity index (χ1n) is 12.9. The van der Waals surface area contributed by atoms with Gasteiger partial charge in [0, 0.05) is 20.1 Å². The van der Waals surface area contributed by atoms with Gasteiger partial charge in [-0.05, 0) is 57.8 Å². The summed E-state index contributed by atoms with van der Waals surface area (Å²) in [5.74, 6) is 3.68. The lowest BCUT2D eigenvalue weighted by molar-refractivity contribution is 0.0685. The van der Waals surface area contributed by atoms with E-state index in [1.807, 2.05) is 43.7 Å². The number of fused-ring (bicyclic) bond motifs is 2. The highest BCUT2D eigenvalue weighted by Gasteiger charge is 2.26. The molecule has 6 rings (SSSR count). The lowest BCUT2D eigenvalue weighted by Gasteiger charge is -2.32. The van der Waals surface area contributed by atoms with Crippen molar-refractivity contribution in [2.45, 2.75) is 39.3 Å². The third kappa shape index (κ3) is 4.12. The molecule has 2 aliphatic rings. The number of hydrogen-bond acceptors (Lipinski definition) is 8. The Labute approximate surface area is 210 Å². The molecule has 5 heterocycles. The number of aliphatic hydroxyl groups is 1. The molecule has 1 atom stereocenters. The van der Waals surface area contributed by atoms with Gasteiger partial charge in [0.1, 0.15) is 11.6 Å². The second kappa shape index (κ2) is 9.42. The van der Waals surface area contributed by atoms with Gasteiger partial charge in [-0.3, -0.25) is 9.47 Å². The number of likely N-dealkylation sites (tertiary alicyclic amines) is 1. The zero-order chi connectivity index (χ0) is 24.8. The molecule has 190 valence electrons. The minimum atomic E-state index is -0.240. The number of piperidine rings is 1. The summed E-state index contributed by atoms with van der Waals surface area (Å²) >= 11 is 0. The van der Waals surface area contributed by atoms with Crippen molar-refractivity contribution in [1.82, 2.24) is 34.0 Å². The minimum absolute atomic E-state index is 0.240. The maximum Gasteiger partial charge on any atom is 0.239 e. The van der Waals surface area contributed by atoms with Gasteiger partial charge in [0.2, 0.25) is 5.95 Å². The highest BCUT2D eigenvalue weighted by Crippen LogP contribution is 2.29. The molecular formula is C26H34N8O2. The first-order valence-corrected chi connectivity index (χ1v) is 12.9. The lowest BCUT2D eigenvalue weighted by Crippen LogP contribution is -2.37. The summed E-state index contributed by atoms with van der Waals surface area (Å²) in [5, 5.41) is 9.97. The first kappa shape index (κ1) is 23.3. The Bertz CT molecular complexity index is 1380. The predicted octanol–water partition coefficient (Wildman–Crippen LogP) is 2.44. The summed E-state index contributed by atoms with van der Waals surface area (Å²) in [6, 6.07) is 8.09. The molecule has 1 N–H and O–H groups in total. The van der Waals surface area contributed by atoms with Crippen LogP contribution in [0.3, 0.4) is 0 Å². The molecule has 3 aromatic heterocycles. The Morgan fingerprint density at radius 2 is 1.78 bits per heavy atom. The highest BCUT2D eigenvalue weighted by molar-refractivity contribution is 5.86. The summed E-state index contributed by atoms with van der Waals surface area (Å²) in [7, 11) is 2.05. The van der Waals surface area contributed by atoms with Crippen molar-refractivity contribution < 1.29 is 9.84 Å². The Balaban J connectivity index is 1.42. The Morgan fingerprint density at radius 1 is 1.03 bits per heavy atom. The van der Waals surface area contributed by atoms with Crippen molar-refractivity contribution in [3.8, 4) is 5.95 Å². The van der Waals surface area contributed by atoms with Crippen LogP contribution in [0.15, 0.2) is 24.3 Å². The van der Waals surface area contributed by atoms with Crippen molar-refractivity contribution in [3.63, 3.8) is 0 Å². The Morgan fingerprint density at radius 3 is 2.53 bits per heavy atom. The summed E-state index contributed by atoms with van der Waals surface area (Å²) in [5.41, 5.74) is 3.58. The highest BCUT2D eigenvalue weighted by atomic mass is 16.5. The van der Waals surface area contributed by atoms with E-state index in [2.05, 4.69) is 20.4 Å². The van der Waals surface area contributed by atoms with E-state index in [1.165, 1.54) is 0 Å². The molecule has 0 radical (unpaired) electrons. The van der Waals surface area contributed by atoms with Crippen LogP contribution in [0.2, 0.25) is 0 Å². The van der Waals surface area contributed by atoms with Crippen molar-refractivity contribution in [2.75, 3.05) is 44.3 Å². The van der Waals surface area contributed by atoms with Gasteiger partial charge in [0.25, 0.3) is 0 Å². The van der Waals surface area contributed by atoms with E-state index in [0.29, 0.717) is 25.1 Å². The molecule has 10 nitrogen and oxygen atoms in total. The molecule has 0 amide bonds. The SMILES string of the molecule is Cc1nc2ccccc2n1-c1nc(N2CCOCC2)c2nc(CN3CCC(C(C)O)CC3)n(C)c2n1. The van der Waals surface area contributed by atoms with Crippen LogP contribution >= 0.6 is 0 Å². The number of nitrogens with zero attached hydrogens (tertiary/aromatic N) is 8. The van der Waals surface area contributed by atoms with E-state index in [0.717, 1.165) is 85.2 Å². The lowest BCUT2D eigenvalue weighted by atomic mass is 9.92. The van der Waals surface area contributed by atoms with Crippen LogP contribution in [0.25, 0.3) is 28.1 Å². The van der Waals surface area contributed by atoms with Gasteiger partial charge >= 0.3 is 0 Å². The maximum atomic E-state index is 9.97. The maximum absolute atomic E-state index is 9.97. The fourth-order valence-corrected chi connectivity index (χ4v) is 5.51. The second-order valence-corrected chi connectivity index (χ2v) is 10.0. The van der Waals surface area contributed by atoms with E-state index in [9.17, 15) is 5.11 Å². The number of rotatable bonds is 5. The molecule has 0 aliphatic carbocycles. The molecule has 36 heavy (non-hydrogen) atoms. The normalized spacial score (nSPS) is 18.9. The number of ether oxygens (including phenoxy) is 1. The van der Waals surface area contributed by atoms with Crippen LogP contribution in [-0.2, 0) is 18.3 Å². The molecule has 4 aromatic rings. The van der Waals surface area contributed by atoms with Crippen molar-refractivity contribution in [2.24, 2.45) is 13.0 Å². The summed E-state index contributed by atoms with van der Waals surface area (Å²) in [6.07, 6.45) is 1.78. The Hall–Kier alpha value is -3.08. The van der Waals surface area contributed by atoms with E-state index in [-0.39, 0.29) is 6.10 Å². The Kier molecular flexibility index (Phi) is 6.10. The van der Waals surface area contributed by atoms with E-state index >= 15 is 0 Å². The van der Waals surface area contributed by atoms with Crippen LogP contribution in [0.4, 0.5) is 5.82 Å².